The summed E-state index contributed by atoms with van der Waals surface area (Å²) in [6.07, 6.45) is 0. The molecule has 0 aromatic heterocycles. The molecule has 18 heavy (non-hydrogen) atoms. The van der Waals surface area contributed by atoms with E-state index in [2.05, 4.69) is 11.8 Å². The van der Waals surface area contributed by atoms with Crippen LogP contribution in [0, 0.1) is 5.82 Å². The molecular weight excluding hydrogens is 251 g/mol. The van der Waals surface area contributed by atoms with Gasteiger partial charge in [-0.15, -0.1) is 0 Å². The Balaban J connectivity index is 2.81. The number of hydrogen-bond donors (Lipinski definition) is 1. The Hall–Kier alpha value is -1.04. The van der Waals surface area contributed by atoms with Crippen LogP contribution in [-0.2, 0) is 11.3 Å². The molecule has 2 N–H and O–H groups in total. The zero-order valence-corrected chi connectivity index (χ0v) is 11.8. The van der Waals surface area contributed by atoms with Crippen LogP contribution >= 0.6 is 12.2 Å². The minimum absolute atomic E-state index is 0.211. The number of nitrogens with two attached hydrogens (primary N) is 1. The SMILES string of the molecule is COCC(C)N(C)Cc1cc(F)cc(C(N)=S)c1. The molecule has 1 atom stereocenters. The van der Waals surface area contributed by atoms with E-state index in [0.29, 0.717) is 18.7 Å². The van der Waals surface area contributed by atoms with Gasteiger partial charge < -0.3 is 10.5 Å². The van der Waals surface area contributed by atoms with Crippen LogP contribution in [0.25, 0.3) is 0 Å². The number of halogens is 1. The van der Waals surface area contributed by atoms with Crippen molar-refractivity contribution in [3.8, 4) is 0 Å². The summed E-state index contributed by atoms with van der Waals surface area (Å²) in [5, 5.41) is 0. The molecule has 1 rings (SSSR count). The van der Waals surface area contributed by atoms with Crippen molar-refractivity contribution in [2.75, 3.05) is 20.8 Å². The van der Waals surface area contributed by atoms with Gasteiger partial charge in [0, 0.05) is 25.3 Å². The maximum atomic E-state index is 13.4. The molecule has 0 heterocycles. The molecule has 3 nitrogen and oxygen atoms in total. The van der Waals surface area contributed by atoms with E-state index in [1.807, 2.05) is 13.1 Å². The molecule has 0 bridgehead atoms. The maximum absolute atomic E-state index is 13.4. The summed E-state index contributed by atoms with van der Waals surface area (Å²) < 4.78 is 18.5. The van der Waals surface area contributed by atoms with E-state index < -0.39 is 0 Å². The second-order valence-corrected chi connectivity index (χ2v) is 4.87. The molecular formula is C13H19FN2OS. The summed E-state index contributed by atoms with van der Waals surface area (Å²) in [5.74, 6) is -0.317. The van der Waals surface area contributed by atoms with Gasteiger partial charge in [0.2, 0.25) is 0 Å². The minimum atomic E-state index is -0.317. The molecule has 0 saturated carbocycles. The van der Waals surface area contributed by atoms with Gasteiger partial charge in [0.15, 0.2) is 0 Å². The van der Waals surface area contributed by atoms with E-state index in [1.165, 1.54) is 12.1 Å². The van der Waals surface area contributed by atoms with E-state index in [4.69, 9.17) is 22.7 Å². The minimum Gasteiger partial charge on any atom is -0.389 e. The van der Waals surface area contributed by atoms with Crippen LogP contribution in [0.3, 0.4) is 0 Å². The third-order valence-corrected chi connectivity index (χ3v) is 3.07. The molecule has 0 saturated heterocycles. The number of benzene rings is 1. The molecule has 100 valence electrons. The van der Waals surface area contributed by atoms with Gasteiger partial charge in [0.25, 0.3) is 0 Å². The average molecular weight is 270 g/mol. The van der Waals surface area contributed by atoms with Gasteiger partial charge in [0.1, 0.15) is 10.8 Å². The van der Waals surface area contributed by atoms with E-state index in [1.54, 1.807) is 7.11 Å². The van der Waals surface area contributed by atoms with Crippen LogP contribution < -0.4 is 5.73 Å². The van der Waals surface area contributed by atoms with E-state index in [9.17, 15) is 4.39 Å². The fourth-order valence-corrected chi connectivity index (χ4v) is 1.81. The second kappa shape index (κ2) is 6.78. The van der Waals surface area contributed by atoms with Crippen molar-refractivity contribution in [3.05, 3.63) is 35.1 Å². The van der Waals surface area contributed by atoms with Gasteiger partial charge in [-0.1, -0.05) is 12.2 Å². The van der Waals surface area contributed by atoms with Gasteiger partial charge in [-0.3, -0.25) is 4.90 Å². The first-order valence-electron chi connectivity index (χ1n) is 5.72. The molecule has 0 aliphatic carbocycles. The van der Waals surface area contributed by atoms with Crippen LogP contribution in [0.2, 0.25) is 0 Å². The summed E-state index contributed by atoms with van der Waals surface area (Å²) in [6, 6.07) is 4.93. The summed E-state index contributed by atoms with van der Waals surface area (Å²) in [4.78, 5) is 2.30. The molecule has 0 fully saturated rings. The van der Waals surface area contributed by atoms with Gasteiger partial charge in [-0.2, -0.15) is 0 Å². The molecule has 1 unspecified atom stereocenters. The van der Waals surface area contributed by atoms with E-state index >= 15 is 0 Å². The largest absolute Gasteiger partial charge is 0.389 e. The van der Waals surface area contributed by atoms with Crippen LogP contribution in [0.5, 0.6) is 0 Å². The van der Waals surface area contributed by atoms with Crippen LogP contribution in [0.1, 0.15) is 18.1 Å². The van der Waals surface area contributed by atoms with Crippen molar-refractivity contribution in [1.82, 2.24) is 4.90 Å². The quantitative estimate of drug-likeness (QED) is 0.802. The zero-order valence-electron chi connectivity index (χ0n) is 10.9. The van der Waals surface area contributed by atoms with E-state index in [0.717, 1.165) is 5.56 Å². The van der Waals surface area contributed by atoms with Gasteiger partial charge >= 0.3 is 0 Å². The van der Waals surface area contributed by atoms with Crippen LogP contribution in [-0.4, -0.2) is 36.7 Å². The second-order valence-electron chi connectivity index (χ2n) is 4.43. The first-order valence-corrected chi connectivity index (χ1v) is 6.13. The number of thiocarbonyl (C=S) groups is 1. The Morgan fingerprint density at radius 3 is 2.72 bits per heavy atom. The van der Waals surface area contributed by atoms with Crippen molar-refractivity contribution in [3.63, 3.8) is 0 Å². The topological polar surface area (TPSA) is 38.5 Å². The lowest BCUT2D eigenvalue weighted by Gasteiger charge is -2.24. The predicted octanol–water partition coefficient (Wildman–Crippen LogP) is 1.93. The fourth-order valence-electron chi connectivity index (χ4n) is 1.70. The highest BCUT2D eigenvalue weighted by molar-refractivity contribution is 7.80. The van der Waals surface area contributed by atoms with Crippen LogP contribution in [0.4, 0.5) is 4.39 Å². The number of hydrogen-bond acceptors (Lipinski definition) is 3. The number of rotatable bonds is 6. The lowest BCUT2D eigenvalue weighted by molar-refractivity contribution is 0.112. The Morgan fingerprint density at radius 2 is 2.17 bits per heavy atom. The Labute approximate surface area is 113 Å². The third kappa shape index (κ3) is 4.33. The van der Waals surface area contributed by atoms with Crippen molar-refractivity contribution in [2.24, 2.45) is 5.73 Å². The Kier molecular flexibility index (Phi) is 5.65. The first-order chi connectivity index (χ1) is 8.43. The number of ether oxygens (including phenoxy) is 1. The van der Waals surface area contributed by atoms with Gasteiger partial charge in [-0.25, -0.2) is 4.39 Å². The van der Waals surface area contributed by atoms with Crippen molar-refractivity contribution < 1.29 is 9.13 Å². The van der Waals surface area contributed by atoms with Crippen molar-refractivity contribution in [1.29, 1.82) is 0 Å². The summed E-state index contributed by atoms with van der Waals surface area (Å²) in [6.45, 7) is 3.31. The molecule has 0 spiro atoms. The Morgan fingerprint density at radius 1 is 1.50 bits per heavy atom. The lowest BCUT2D eigenvalue weighted by atomic mass is 10.1. The highest BCUT2D eigenvalue weighted by Gasteiger charge is 2.11. The number of nitrogens with zero attached hydrogens (tertiary/aromatic N) is 1. The molecule has 5 heteroatoms. The molecule has 1 aromatic rings. The lowest BCUT2D eigenvalue weighted by Crippen LogP contribution is -2.32. The maximum Gasteiger partial charge on any atom is 0.124 e. The molecule has 0 amide bonds. The molecule has 0 aliphatic heterocycles. The number of likely N-dealkylation sites (N-methyl/N-ethyl adjacent to an activating group) is 1. The smallest absolute Gasteiger partial charge is 0.124 e. The summed E-state index contributed by atoms with van der Waals surface area (Å²) in [7, 11) is 3.63. The number of methoxy groups -OCH3 is 1. The fraction of sp³-hybridized carbons (Fsp3) is 0.462. The summed E-state index contributed by atoms with van der Waals surface area (Å²) >= 11 is 4.87. The average Bonchev–Trinajstić information content (AvgIpc) is 2.28. The standard InChI is InChI=1S/C13H19FN2OS/c1-9(8-17-3)16(2)7-10-4-11(13(15)18)6-12(14)5-10/h4-6,9H,7-8H2,1-3H3,(H2,15,18). The monoisotopic (exact) mass is 270 g/mol. The van der Waals surface area contributed by atoms with Gasteiger partial charge in [0.05, 0.1) is 6.61 Å². The zero-order chi connectivity index (χ0) is 13.7. The normalized spacial score (nSPS) is 12.7. The van der Waals surface area contributed by atoms with Crippen molar-refractivity contribution in [2.45, 2.75) is 19.5 Å². The molecule has 0 aliphatic rings. The third-order valence-electron chi connectivity index (χ3n) is 2.83. The van der Waals surface area contributed by atoms with E-state index in [-0.39, 0.29) is 16.8 Å². The summed E-state index contributed by atoms with van der Waals surface area (Å²) in [5.41, 5.74) is 6.93. The predicted molar refractivity (Wildman–Crippen MR) is 75.1 cm³/mol. The van der Waals surface area contributed by atoms with Crippen LogP contribution in [0.15, 0.2) is 18.2 Å². The molecule has 0 radical (unpaired) electrons. The first kappa shape index (κ1) is 15.0. The molecule has 1 aromatic carbocycles. The highest BCUT2D eigenvalue weighted by Crippen LogP contribution is 2.12. The highest BCUT2D eigenvalue weighted by atomic mass is 32.1. The Bertz CT molecular complexity index is 425. The van der Waals surface area contributed by atoms with Crippen molar-refractivity contribution >= 4 is 17.2 Å². The van der Waals surface area contributed by atoms with Gasteiger partial charge in [-0.05, 0) is 37.7 Å².